The number of hydrogen-bond acceptors (Lipinski definition) is 5. The highest BCUT2D eigenvalue weighted by molar-refractivity contribution is 8.18. The molecule has 1 saturated heterocycles. The van der Waals surface area contributed by atoms with E-state index in [2.05, 4.69) is 15.0 Å². The van der Waals surface area contributed by atoms with Crippen molar-refractivity contribution in [1.82, 2.24) is 5.32 Å². The number of rotatable bonds is 5. The molecule has 2 aromatic rings. The maximum Gasteiger partial charge on any atom is 0.387 e. The summed E-state index contributed by atoms with van der Waals surface area (Å²) in [5.74, 6) is -0.192. The zero-order chi connectivity index (χ0) is 20.3. The second-order valence-electron chi connectivity index (χ2n) is 6.06. The molecule has 3 rings (SSSR count). The minimum Gasteiger partial charge on any atom is -0.493 e. The highest BCUT2D eigenvalue weighted by Crippen LogP contribution is 2.33. The zero-order valence-corrected chi connectivity index (χ0v) is 16.3. The normalized spacial score (nSPS) is 16.7. The summed E-state index contributed by atoms with van der Waals surface area (Å²) in [4.78, 5) is 17.2. The van der Waals surface area contributed by atoms with Gasteiger partial charge in [-0.05, 0) is 61.0 Å². The molecule has 1 aliphatic heterocycles. The average Bonchev–Trinajstić information content (AvgIpc) is 2.97. The lowest BCUT2D eigenvalue weighted by molar-refractivity contribution is -0.115. The number of hydrogen-bond donors (Lipinski definition) is 1. The first-order valence-corrected chi connectivity index (χ1v) is 9.17. The fourth-order valence-corrected chi connectivity index (χ4v) is 3.47. The Kier molecular flexibility index (Phi) is 5.99. The van der Waals surface area contributed by atoms with Gasteiger partial charge in [-0.3, -0.25) is 4.79 Å². The number of amides is 1. The van der Waals surface area contributed by atoms with Crippen LogP contribution in [0.1, 0.15) is 16.7 Å². The summed E-state index contributed by atoms with van der Waals surface area (Å²) in [6.45, 7) is 1.01. The smallest absolute Gasteiger partial charge is 0.387 e. The van der Waals surface area contributed by atoms with E-state index in [1.807, 2.05) is 32.0 Å². The number of aryl methyl sites for hydroxylation is 2. The van der Waals surface area contributed by atoms with E-state index in [9.17, 15) is 13.6 Å². The van der Waals surface area contributed by atoms with E-state index in [-0.39, 0.29) is 17.4 Å². The molecule has 2 aromatic carbocycles. The van der Waals surface area contributed by atoms with Gasteiger partial charge in [0.15, 0.2) is 16.7 Å². The van der Waals surface area contributed by atoms with Gasteiger partial charge in [-0.2, -0.15) is 8.78 Å². The zero-order valence-electron chi connectivity index (χ0n) is 15.5. The Bertz CT molecular complexity index is 974. The van der Waals surface area contributed by atoms with Crippen molar-refractivity contribution >= 4 is 34.6 Å². The number of benzene rings is 2. The number of alkyl halides is 2. The van der Waals surface area contributed by atoms with Gasteiger partial charge in [0.05, 0.1) is 17.7 Å². The van der Waals surface area contributed by atoms with E-state index < -0.39 is 6.61 Å². The third-order valence-electron chi connectivity index (χ3n) is 3.93. The molecule has 1 heterocycles. The molecule has 8 heteroatoms. The monoisotopic (exact) mass is 404 g/mol. The summed E-state index contributed by atoms with van der Waals surface area (Å²) in [6, 6.07) is 10.4. The molecule has 0 aromatic heterocycles. The van der Waals surface area contributed by atoms with E-state index in [1.165, 1.54) is 31.0 Å². The molecule has 0 saturated carbocycles. The van der Waals surface area contributed by atoms with Crippen molar-refractivity contribution in [2.45, 2.75) is 20.5 Å². The van der Waals surface area contributed by atoms with E-state index in [4.69, 9.17) is 4.74 Å². The van der Waals surface area contributed by atoms with Gasteiger partial charge in [0.2, 0.25) is 0 Å². The molecule has 0 bridgehead atoms. The van der Waals surface area contributed by atoms with Gasteiger partial charge >= 0.3 is 6.61 Å². The maximum absolute atomic E-state index is 12.4. The van der Waals surface area contributed by atoms with E-state index >= 15 is 0 Å². The molecule has 0 radical (unpaired) electrons. The summed E-state index contributed by atoms with van der Waals surface area (Å²) in [5, 5.41) is 3.21. The van der Waals surface area contributed by atoms with Crippen molar-refractivity contribution in [2.75, 3.05) is 7.11 Å². The molecule has 1 aliphatic rings. The number of aliphatic imine (C=N–C) groups is 1. The van der Waals surface area contributed by atoms with Crippen LogP contribution in [0, 0.1) is 13.8 Å². The Hall–Kier alpha value is -2.87. The van der Waals surface area contributed by atoms with Crippen molar-refractivity contribution in [3.8, 4) is 11.5 Å². The second kappa shape index (κ2) is 8.43. The number of ether oxygens (including phenoxy) is 2. The van der Waals surface area contributed by atoms with Gasteiger partial charge in [0, 0.05) is 0 Å². The largest absolute Gasteiger partial charge is 0.493 e. The van der Waals surface area contributed by atoms with Crippen LogP contribution in [0.4, 0.5) is 14.5 Å². The molecule has 0 unspecified atom stereocenters. The van der Waals surface area contributed by atoms with E-state index in [0.29, 0.717) is 15.6 Å². The molecule has 5 nitrogen and oxygen atoms in total. The van der Waals surface area contributed by atoms with Gasteiger partial charge in [0.25, 0.3) is 5.91 Å². The van der Waals surface area contributed by atoms with E-state index in [1.54, 1.807) is 12.1 Å². The Balaban J connectivity index is 1.83. The summed E-state index contributed by atoms with van der Waals surface area (Å²) in [5.41, 5.74) is 3.55. The average molecular weight is 404 g/mol. The molecule has 1 amide bonds. The van der Waals surface area contributed by atoms with Crippen molar-refractivity contribution in [2.24, 2.45) is 4.99 Å². The Morgan fingerprint density at radius 2 is 1.93 bits per heavy atom. The topological polar surface area (TPSA) is 59.9 Å². The molecule has 1 N–H and O–H groups in total. The number of carbonyl (C=O) groups excluding carboxylic acids is 1. The number of nitrogens with zero attached hydrogens (tertiary/aromatic N) is 1. The second-order valence-corrected chi connectivity index (χ2v) is 7.09. The number of amidine groups is 1. The van der Waals surface area contributed by atoms with Crippen LogP contribution in [0.25, 0.3) is 6.08 Å². The van der Waals surface area contributed by atoms with Gasteiger partial charge in [-0.25, -0.2) is 4.99 Å². The lowest BCUT2D eigenvalue weighted by Gasteiger charge is -2.10. The number of halogens is 2. The van der Waals surface area contributed by atoms with Crippen LogP contribution in [0.3, 0.4) is 0 Å². The van der Waals surface area contributed by atoms with Crippen molar-refractivity contribution < 1.29 is 23.0 Å². The van der Waals surface area contributed by atoms with Crippen LogP contribution < -0.4 is 14.8 Å². The molecule has 0 atom stereocenters. The molecule has 0 spiro atoms. The number of carbonyl (C=O) groups is 1. The van der Waals surface area contributed by atoms with Gasteiger partial charge in [-0.15, -0.1) is 0 Å². The minimum absolute atomic E-state index is 0.0692. The summed E-state index contributed by atoms with van der Waals surface area (Å²) in [7, 11) is 1.36. The number of thioether (sulfide) groups is 1. The van der Waals surface area contributed by atoms with Gasteiger partial charge < -0.3 is 14.8 Å². The van der Waals surface area contributed by atoms with Crippen LogP contribution in [0.15, 0.2) is 46.3 Å². The lowest BCUT2D eigenvalue weighted by atomic mass is 10.1. The molecule has 1 fully saturated rings. The van der Waals surface area contributed by atoms with Crippen molar-refractivity contribution in [3.63, 3.8) is 0 Å². The lowest BCUT2D eigenvalue weighted by Crippen LogP contribution is -2.19. The molecular formula is C20H18F2N2O3S. The quantitative estimate of drug-likeness (QED) is 0.727. The van der Waals surface area contributed by atoms with Crippen molar-refractivity contribution in [1.29, 1.82) is 0 Å². The third-order valence-corrected chi connectivity index (χ3v) is 4.84. The van der Waals surface area contributed by atoms with Crippen LogP contribution >= 0.6 is 11.8 Å². The fraction of sp³-hybridized carbons (Fsp3) is 0.200. The third kappa shape index (κ3) is 4.69. The van der Waals surface area contributed by atoms with Crippen LogP contribution in [-0.2, 0) is 4.79 Å². The predicted molar refractivity (Wildman–Crippen MR) is 106 cm³/mol. The molecule has 0 aliphatic carbocycles. The van der Waals surface area contributed by atoms with E-state index in [0.717, 1.165) is 16.8 Å². The van der Waals surface area contributed by atoms with Crippen LogP contribution in [-0.4, -0.2) is 24.8 Å². The molecular weight excluding hydrogens is 386 g/mol. The minimum atomic E-state index is -2.95. The van der Waals surface area contributed by atoms with Crippen molar-refractivity contribution in [3.05, 3.63) is 58.0 Å². The Labute approximate surface area is 165 Å². The standard InChI is InChI=1S/C20H18F2N2O3S/c1-11-4-6-14(12(2)8-11)23-20-24-18(25)17(28-20)10-13-5-7-15(27-19(21)22)16(9-13)26-3/h4-10,19H,1-3H3,(H,23,24,25). The van der Waals surface area contributed by atoms with Crippen LogP contribution in [0.5, 0.6) is 11.5 Å². The Morgan fingerprint density at radius 1 is 1.14 bits per heavy atom. The first-order chi connectivity index (χ1) is 13.4. The summed E-state index contributed by atoms with van der Waals surface area (Å²) in [6.07, 6.45) is 1.64. The highest BCUT2D eigenvalue weighted by Gasteiger charge is 2.24. The van der Waals surface area contributed by atoms with Gasteiger partial charge in [-0.1, -0.05) is 23.8 Å². The Morgan fingerprint density at radius 3 is 2.61 bits per heavy atom. The molecule has 146 valence electrons. The fourth-order valence-electron chi connectivity index (χ4n) is 2.64. The predicted octanol–water partition coefficient (Wildman–Crippen LogP) is 4.81. The maximum atomic E-state index is 12.4. The first-order valence-electron chi connectivity index (χ1n) is 8.35. The SMILES string of the molecule is COc1cc(C=C2SC(=Nc3ccc(C)cc3C)NC2=O)ccc1OC(F)F. The molecule has 28 heavy (non-hydrogen) atoms. The summed E-state index contributed by atoms with van der Waals surface area (Å²) < 4.78 is 34.3. The summed E-state index contributed by atoms with van der Waals surface area (Å²) >= 11 is 1.21. The highest BCUT2D eigenvalue weighted by atomic mass is 32.2. The number of methoxy groups -OCH3 is 1. The van der Waals surface area contributed by atoms with Gasteiger partial charge in [0.1, 0.15) is 0 Å². The number of nitrogens with one attached hydrogen (secondary N) is 1. The first kappa shape index (κ1) is 19.9. The van der Waals surface area contributed by atoms with Crippen LogP contribution in [0.2, 0.25) is 0 Å².